The van der Waals surface area contributed by atoms with Crippen LogP contribution < -0.4 is 32.3 Å². The van der Waals surface area contributed by atoms with Crippen molar-refractivity contribution in [2.24, 2.45) is 11.7 Å². The summed E-state index contributed by atoms with van der Waals surface area (Å²) >= 11 is 0. The highest BCUT2D eigenvalue weighted by Gasteiger charge is 2.28. The fourth-order valence-corrected chi connectivity index (χ4v) is 7.41. The zero-order chi connectivity index (χ0) is 58.6. The highest BCUT2D eigenvalue weighted by atomic mass is 31.0. The topological polar surface area (TPSA) is 300 Å². The van der Waals surface area contributed by atoms with Gasteiger partial charge in [-0.05, 0) is 41.0 Å². The molecule has 0 aliphatic rings. The number of aliphatic hydroxyl groups is 2. The lowest BCUT2D eigenvalue weighted by Crippen LogP contribution is -2.49. The van der Waals surface area contributed by atoms with Gasteiger partial charge in [-0.15, -0.1) is 0 Å². The molecule has 0 saturated heterocycles. The molecule has 0 aliphatic carbocycles. The van der Waals surface area contributed by atoms with E-state index < -0.39 is 84.5 Å². The Morgan fingerprint density at radius 3 is 1.13 bits per heavy atom. The van der Waals surface area contributed by atoms with Crippen LogP contribution in [0.1, 0.15) is 113 Å². The minimum Gasteiger partial charge on any atom is -0.485 e. The van der Waals surface area contributed by atoms with Gasteiger partial charge in [0.25, 0.3) is 5.91 Å². The first kappa shape index (κ1) is 69.8. The normalized spacial score (nSPS) is 13.3. The van der Waals surface area contributed by atoms with Gasteiger partial charge in [-0.2, -0.15) is 0 Å². The minimum atomic E-state index is -1.39. The molecule has 4 aromatic rings. The predicted octanol–water partition coefficient (Wildman–Crippen LogP) is 5.57. The molecule has 0 radical (unpaired) electrons. The molecule has 5 amide bonds. The highest BCUT2D eigenvalue weighted by Crippen LogP contribution is 2.24. The second-order valence-corrected chi connectivity index (χ2v) is 18.1. The van der Waals surface area contributed by atoms with Crippen molar-refractivity contribution < 1.29 is 66.7 Å². The summed E-state index contributed by atoms with van der Waals surface area (Å²) in [7, 11) is 7.78. The molecule has 24 heteroatoms. The van der Waals surface area contributed by atoms with Crippen LogP contribution >= 0.6 is 37.9 Å². The lowest BCUT2D eigenvalue weighted by molar-refractivity contribution is -0.139. The zero-order valence-corrected chi connectivity index (χ0v) is 49.1. The molecule has 12 unspecified atom stereocenters. The molecule has 12 atom stereocenters. The van der Waals surface area contributed by atoms with Crippen LogP contribution in [-0.2, 0) is 56.5 Å². The summed E-state index contributed by atoms with van der Waals surface area (Å²) in [5.74, 6) is -3.69. The predicted molar refractivity (Wildman–Crippen MR) is 309 cm³/mol. The Kier molecular flexibility index (Phi) is 35.8. The third kappa shape index (κ3) is 26.4. The smallest absolute Gasteiger partial charge is 0.335 e. The maximum absolute atomic E-state index is 12.0. The van der Waals surface area contributed by atoms with Gasteiger partial charge in [0.05, 0.1) is 56.7 Å². The molecule has 0 aromatic heterocycles. The van der Waals surface area contributed by atoms with Gasteiger partial charge in [-0.25, -0.2) is 14.4 Å². The van der Waals surface area contributed by atoms with Crippen molar-refractivity contribution >= 4 is 85.3 Å². The van der Waals surface area contributed by atoms with Gasteiger partial charge < -0.3 is 60.6 Å². The average Bonchev–Trinajstić information content (AvgIpc) is 3.47. The number of amides is 5. The quantitative estimate of drug-likeness (QED) is 0.0297. The summed E-state index contributed by atoms with van der Waals surface area (Å²) in [5, 5.41) is 31.9. The molecular weight excluding hydrogens is 1080 g/mol. The first-order chi connectivity index (χ1) is 37.2. The van der Waals surface area contributed by atoms with Crippen LogP contribution in [0.25, 0.3) is 0 Å². The van der Waals surface area contributed by atoms with Crippen molar-refractivity contribution in [2.75, 3.05) is 13.1 Å². The molecular formula is C54H76N6O14P4. The number of hydrogen-bond donors (Lipinski definition) is 8. The van der Waals surface area contributed by atoms with Gasteiger partial charge in [-0.3, -0.25) is 24.0 Å². The van der Waals surface area contributed by atoms with E-state index in [-0.39, 0.29) is 24.3 Å². The van der Waals surface area contributed by atoms with Gasteiger partial charge >= 0.3 is 17.9 Å². The van der Waals surface area contributed by atoms with E-state index in [0.29, 0.717) is 36.0 Å². The summed E-state index contributed by atoms with van der Waals surface area (Å²) in [6.07, 6.45) is 0.523. The van der Waals surface area contributed by atoms with Crippen LogP contribution in [0.2, 0.25) is 0 Å². The number of carbonyl (C=O) groups is 8. The lowest BCUT2D eigenvalue weighted by atomic mass is 9.99. The van der Waals surface area contributed by atoms with E-state index in [1.165, 1.54) is 5.56 Å². The van der Waals surface area contributed by atoms with Crippen LogP contribution in [-0.4, -0.2) is 89.0 Å². The van der Waals surface area contributed by atoms with E-state index in [1.54, 1.807) is 98.8 Å². The van der Waals surface area contributed by atoms with E-state index in [0.717, 1.165) is 18.6 Å². The van der Waals surface area contributed by atoms with E-state index >= 15 is 0 Å². The second kappa shape index (κ2) is 40.0. The third-order valence-electron chi connectivity index (χ3n) is 11.3. The Hall–Kier alpha value is -6.22. The zero-order valence-electron chi connectivity index (χ0n) is 44.5. The molecule has 0 saturated carbocycles. The highest BCUT2D eigenvalue weighted by molar-refractivity contribution is 7.11. The SMILES string of the molecule is C=C(OP)C(C)c1ccccc1.CCC(=O)NC(C(=O)OP)c1ccccc1.CCCC(C)C(O)C(=O)NCC(=O)NC(C(=O)OP)c1ccccc1.CCCC(N)C(O)C(=O)NCC(=O)NC(C(=O)OP)c1ccccc1. The summed E-state index contributed by atoms with van der Waals surface area (Å²) in [4.78, 5) is 94.3. The number of aliphatic hydroxyl groups excluding tert-OH is 2. The van der Waals surface area contributed by atoms with Gasteiger partial charge in [0.15, 0.2) is 18.1 Å². The van der Waals surface area contributed by atoms with Crippen LogP contribution in [0.15, 0.2) is 134 Å². The first-order valence-electron chi connectivity index (χ1n) is 24.8. The molecule has 426 valence electrons. The number of allylic oxidation sites excluding steroid dienone is 1. The third-order valence-corrected chi connectivity index (χ3v) is 12.3. The molecule has 4 aromatic carbocycles. The molecule has 0 spiro atoms. The summed E-state index contributed by atoms with van der Waals surface area (Å²) < 4.78 is 18.8. The van der Waals surface area contributed by atoms with Crippen molar-refractivity contribution in [3.8, 4) is 0 Å². The molecule has 0 heterocycles. The number of nitrogens with two attached hydrogens (primary N) is 1. The van der Waals surface area contributed by atoms with Crippen LogP contribution in [0.5, 0.6) is 0 Å². The van der Waals surface area contributed by atoms with Crippen LogP contribution in [0, 0.1) is 5.92 Å². The molecule has 78 heavy (non-hydrogen) atoms. The number of nitrogens with one attached hydrogen (secondary N) is 5. The van der Waals surface area contributed by atoms with Crippen LogP contribution in [0.3, 0.4) is 0 Å². The molecule has 9 N–H and O–H groups in total. The van der Waals surface area contributed by atoms with Crippen molar-refractivity contribution in [3.05, 3.63) is 156 Å². The van der Waals surface area contributed by atoms with Gasteiger partial charge in [0.1, 0.15) is 12.2 Å². The Balaban J connectivity index is 0.000000539. The molecule has 0 fully saturated rings. The van der Waals surface area contributed by atoms with E-state index in [9.17, 15) is 48.6 Å². The van der Waals surface area contributed by atoms with Gasteiger partial charge in [0, 0.05) is 18.4 Å². The Labute approximate surface area is 466 Å². The van der Waals surface area contributed by atoms with Crippen molar-refractivity contribution in [1.82, 2.24) is 26.6 Å². The largest absolute Gasteiger partial charge is 0.485 e. The maximum atomic E-state index is 12.0. The fraction of sp³-hybridized carbons (Fsp3) is 0.370. The second-order valence-electron chi connectivity index (χ2n) is 17.2. The van der Waals surface area contributed by atoms with E-state index in [4.69, 9.17) is 10.3 Å². The molecule has 4 rings (SSSR count). The average molecular weight is 1160 g/mol. The van der Waals surface area contributed by atoms with Crippen molar-refractivity contribution in [3.63, 3.8) is 0 Å². The minimum absolute atomic E-state index is 0.191. The summed E-state index contributed by atoms with van der Waals surface area (Å²) in [5.41, 5.74) is 8.71. The molecule has 0 bridgehead atoms. The maximum Gasteiger partial charge on any atom is 0.335 e. The van der Waals surface area contributed by atoms with Crippen LogP contribution in [0.4, 0.5) is 0 Å². The number of hydrogen-bond acceptors (Lipinski definition) is 15. The van der Waals surface area contributed by atoms with Crippen molar-refractivity contribution in [1.29, 1.82) is 0 Å². The van der Waals surface area contributed by atoms with Crippen molar-refractivity contribution in [2.45, 2.75) is 109 Å². The first-order valence-corrected chi connectivity index (χ1v) is 26.7. The van der Waals surface area contributed by atoms with E-state index in [2.05, 4.69) is 75.3 Å². The Morgan fingerprint density at radius 2 is 0.821 bits per heavy atom. The number of benzene rings is 4. The number of rotatable bonds is 25. The molecule has 20 nitrogen and oxygen atoms in total. The summed E-state index contributed by atoms with van der Waals surface area (Å²) in [6, 6.07) is 32.9. The Bertz CT molecular complexity index is 2350. The fourth-order valence-electron chi connectivity index (χ4n) is 6.79. The Morgan fingerprint density at radius 1 is 0.500 bits per heavy atom. The number of carbonyl (C=O) groups excluding carboxylic acids is 8. The monoisotopic (exact) mass is 1160 g/mol. The standard InChI is InChI=1S/C17H25N2O5P.C16H24N3O5P.C11H14NO3P.C10H13OP/c1-3-7-11(2)15(21)16(22)18-10-13(20)19-14(17(23)24-25)12-8-5-4-6-9-12;1-2-6-11(17)14(21)15(22)18-9-12(20)19-13(16(23)24-25)10-7-4-3-5-8-10;1-2-9(13)12-10(11(14)15-16)8-6-4-3-5-7-8;1-8(9(2)11-12)10-6-4-3-5-7-10/h4-6,8-9,11,14-15,21H,3,7,10,25H2,1-2H3,(H,18,22)(H,19,20);3-5,7-8,11,13-14,21H,2,6,9,17,25H2,1H3,(H,18,22)(H,19,20);3-7,10H,2,16H2,1H3,(H,12,13);3-8H,2,12H2,1H3. The van der Waals surface area contributed by atoms with Gasteiger partial charge in [-0.1, -0.05) is 175 Å². The van der Waals surface area contributed by atoms with Gasteiger partial charge in [0.2, 0.25) is 23.6 Å². The molecule has 0 aliphatic heterocycles. The van der Waals surface area contributed by atoms with E-state index in [1.807, 2.05) is 66.5 Å². The lowest BCUT2D eigenvalue weighted by Gasteiger charge is -2.19. The summed E-state index contributed by atoms with van der Waals surface area (Å²) in [6.45, 7) is 12.5.